The predicted molar refractivity (Wildman–Crippen MR) is 65.6 cm³/mol. The number of anilines is 1. The molecular formula is C11H17N5O2. The molecule has 1 aromatic rings. The zero-order valence-corrected chi connectivity index (χ0v) is 10.3. The number of carbonyl (C=O) groups excluding carboxylic acids is 2. The number of aryl methyl sites for hydroxylation is 1. The first-order valence-corrected chi connectivity index (χ1v) is 5.93. The van der Waals surface area contributed by atoms with Crippen molar-refractivity contribution in [3.63, 3.8) is 0 Å². The molecule has 1 saturated heterocycles. The van der Waals surface area contributed by atoms with E-state index in [1.807, 2.05) is 0 Å². The smallest absolute Gasteiger partial charge is 0.277 e. The molecule has 0 spiro atoms. The average Bonchev–Trinajstić information content (AvgIpc) is 2.69. The molecule has 0 aromatic carbocycles. The first-order chi connectivity index (χ1) is 8.52. The Balaban J connectivity index is 2.26. The number of amides is 2. The number of rotatable bonds is 2. The second-order valence-electron chi connectivity index (χ2n) is 4.52. The van der Waals surface area contributed by atoms with E-state index in [4.69, 9.17) is 11.5 Å². The highest BCUT2D eigenvalue weighted by atomic mass is 16.2. The Kier molecular flexibility index (Phi) is 3.22. The summed E-state index contributed by atoms with van der Waals surface area (Å²) in [5.41, 5.74) is 12.2. The number of aromatic amines is 1. The zero-order chi connectivity index (χ0) is 13.3. The highest BCUT2D eigenvalue weighted by Gasteiger charge is 2.33. The molecule has 1 aliphatic rings. The van der Waals surface area contributed by atoms with Crippen molar-refractivity contribution in [3.05, 3.63) is 11.4 Å². The molecule has 1 aliphatic heterocycles. The van der Waals surface area contributed by atoms with Crippen LogP contribution in [0.25, 0.3) is 0 Å². The summed E-state index contributed by atoms with van der Waals surface area (Å²) in [4.78, 5) is 25.1. The number of hydrogen-bond donors (Lipinski definition) is 3. The number of nitrogens with one attached hydrogen (secondary N) is 1. The largest absolute Gasteiger partial charge is 0.395 e. The lowest BCUT2D eigenvalue weighted by Crippen LogP contribution is -2.50. The van der Waals surface area contributed by atoms with Gasteiger partial charge in [-0.25, -0.2) is 0 Å². The van der Waals surface area contributed by atoms with Crippen LogP contribution in [0.1, 0.15) is 35.4 Å². The third-order valence-corrected chi connectivity index (χ3v) is 3.29. The van der Waals surface area contributed by atoms with E-state index in [1.54, 1.807) is 6.92 Å². The minimum Gasteiger partial charge on any atom is -0.395 e. The van der Waals surface area contributed by atoms with Crippen LogP contribution in [0.15, 0.2) is 0 Å². The normalized spacial score (nSPS) is 19.8. The van der Waals surface area contributed by atoms with Crippen LogP contribution in [-0.2, 0) is 4.79 Å². The Morgan fingerprint density at radius 3 is 2.72 bits per heavy atom. The molecule has 0 aliphatic carbocycles. The van der Waals surface area contributed by atoms with Crippen LogP contribution in [0, 0.1) is 6.92 Å². The van der Waals surface area contributed by atoms with Crippen molar-refractivity contribution in [2.45, 2.75) is 32.2 Å². The number of H-pyrrole nitrogens is 1. The lowest BCUT2D eigenvalue weighted by molar-refractivity contribution is -0.123. The second kappa shape index (κ2) is 4.67. The van der Waals surface area contributed by atoms with Crippen LogP contribution in [0.2, 0.25) is 0 Å². The Hall–Kier alpha value is -2.05. The van der Waals surface area contributed by atoms with Gasteiger partial charge in [-0.05, 0) is 26.2 Å². The summed E-state index contributed by atoms with van der Waals surface area (Å²) in [7, 11) is 0. The molecular weight excluding hydrogens is 234 g/mol. The van der Waals surface area contributed by atoms with Gasteiger partial charge in [0, 0.05) is 6.54 Å². The maximum absolute atomic E-state index is 12.3. The molecule has 7 nitrogen and oxygen atoms in total. The quantitative estimate of drug-likeness (QED) is 0.673. The van der Waals surface area contributed by atoms with E-state index in [1.165, 1.54) is 4.90 Å². The van der Waals surface area contributed by atoms with Crippen LogP contribution in [-0.4, -0.2) is 39.5 Å². The Labute approximate surface area is 105 Å². The molecule has 2 heterocycles. The van der Waals surface area contributed by atoms with Gasteiger partial charge < -0.3 is 16.4 Å². The van der Waals surface area contributed by atoms with Crippen molar-refractivity contribution < 1.29 is 9.59 Å². The van der Waals surface area contributed by atoms with Gasteiger partial charge in [0.05, 0.1) is 11.4 Å². The lowest BCUT2D eigenvalue weighted by atomic mass is 10.0. The number of nitrogens with two attached hydrogens (primary N) is 2. The fourth-order valence-electron chi connectivity index (χ4n) is 2.21. The molecule has 0 bridgehead atoms. The molecule has 0 saturated carbocycles. The highest BCUT2D eigenvalue weighted by molar-refractivity contribution is 6.00. The summed E-state index contributed by atoms with van der Waals surface area (Å²) >= 11 is 0. The molecule has 7 heteroatoms. The van der Waals surface area contributed by atoms with Gasteiger partial charge in [-0.1, -0.05) is 0 Å². The number of nitrogens with zero attached hydrogens (tertiary/aromatic N) is 2. The number of hydrogen-bond acceptors (Lipinski definition) is 4. The standard InChI is InChI=1S/C11H17N5O2/c1-6-8(12)9(15-14-6)11(18)16-5-3-2-4-7(16)10(13)17/h7H,2-5,12H2,1H3,(H2,13,17)(H,14,15). The molecule has 0 radical (unpaired) electrons. The van der Waals surface area contributed by atoms with Gasteiger partial charge in [0.15, 0.2) is 5.69 Å². The Bertz CT molecular complexity index is 482. The first-order valence-electron chi connectivity index (χ1n) is 5.93. The number of aromatic nitrogens is 2. The molecule has 2 rings (SSSR count). The van der Waals surface area contributed by atoms with Crippen molar-refractivity contribution in [2.24, 2.45) is 5.73 Å². The van der Waals surface area contributed by atoms with E-state index in [0.29, 0.717) is 24.3 Å². The molecule has 18 heavy (non-hydrogen) atoms. The molecule has 2 amide bonds. The predicted octanol–water partition coefficient (Wildman–Crippen LogP) is -0.220. The molecule has 98 valence electrons. The summed E-state index contributed by atoms with van der Waals surface area (Å²) in [5.74, 6) is -0.811. The summed E-state index contributed by atoms with van der Waals surface area (Å²) in [5, 5.41) is 6.55. The molecule has 1 unspecified atom stereocenters. The monoisotopic (exact) mass is 251 g/mol. The van der Waals surface area contributed by atoms with Gasteiger partial charge in [-0.3, -0.25) is 14.7 Å². The average molecular weight is 251 g/mol. The van der Waals surface area contributed by atoms with Crippen molar-refractivity contribution >= 4 is 17.5 Å². The minimum absolute atomic E-state index is 0.167. The van der Waals surface area contributed by atoms with Crippen LogP contribution in [0.3, 0.4) is 0 Å². The Morgan fingerprint density at radius 1 is 1.44 bits per heavy atom. The van der Waals surface area contributed by atoms with Gasteiger partial charge in [-0.2, -0.15) is 5.10 Å². The van der Waals surface area contributed by atoms with Crippen molar-refractivity contribution in [2.75, 3.05) is 12.3 Å². The highest BCUT2D eigenvalue weighted by Crippen LogP contribution is 2.22. The minimum atomic E-state index is -0.553. The van der Waals surface area contributed by atoms with E-state index >= 15 is 0 Å². The van der Waals surface area contributed by atoms with E-state index < -0.39 is 11.9 Å². The van der Waals surface area contributed by atoms with Crippen molar-refractivity contribution in [1.82, 2.24) is 15.1 Å². The van der Waals surface area contributed by atoms with Gasteiger partial charge in [0.1, 0.15) is 6.04 Å². The number of carbonyl (C=O) groups is 2. The molecule has 1 fully saturated rings. The number of piperidine rings is 1. The summed E-state index contributed by atoms with van der Waals surface area (Å²) in [6.45, 7) is 2.25. The maximum Gasteiger partial charge on any atom is 0.277 e. The van der Waals surface area contributed by atoms with E-state index in [0.717, 1.165) is 12.8 Å². The van der Waals surface area contributed by atoms with Gasteiger partial charge in [-0.15, -0.1) is 0 Å². The van der Waals surface area contributed by atoms with Gasteiger partial charge >= 0.3 is 0 Å². The fourth-order valence-corrected chi connectivity index (χ4v) is 2.21. The lowest BCUT2D eigenvalue weighted by Gasteiger charge is -2.33. The SMILES string of the molecule is Cc1[nH]nc(C(=O)N2CCCCC2C(N)=O)c1N. The third kappa shape index (κ3) is 2.03. The first kappa shape index (κ1) is 12.4. The van der Waals surface area contributed by atoms with E-state index in [9.17, 15) is 9.59 Å². The molecule has 1 aromatic heterocycles. The second-order valence-corrected chi connectivity index (χ2v) is 4.52. The van der Waals surface area contributed by atoms with Crippen molar-refractivity contribution in [1.29, 1.82) is 0 Å². The fraction of sp³-hybridized carbons (Fsp3) is 0.545. The van der Waals surface area contributed by atoms with Crippen LogP contribution in [0.4, 0.5) is 5.69 Å². The van der Waals surface area contributed by atoms with Crippen LogP contribution < -0.4 is 11.5 Å². The zero-order valence-electron chi connectivity index (χ0n) is 10.3. The molecule has 1 atom stereocenters. The number of primary amides is 1. The summed E-state index contributed by atoms with van der Waals surface area (Å²) in [6.07, 6.45) is 2.36. The van der Waals surface area contributed by atoms with Gasteiger partial charge in [0.25, 0.3) is 5.91 Å². The molecule has 5 N–H and O–H groups in total. The van der Waals surface area contributed by atoms with Crippen LogP contribution in [0.5, 0.6) is 0 Å². The summed E-state index contributed by atoms with van der Waals surface area (Å²) in [6, 6.07) is -0.553. The van der Waals surface area contributed by atoms with E-state index in [-0.39, 0.29) is 11.6 Å². The topological polar surface area (TPSA) is 118 Å². The third-order valence-electron chi connectivity index (χ3n) is 3.29. The van der Waals surface area contributed by atoms with E-state index in [2.05, 4.69) is 10.2 Å². The Morgan fingerprint density at radius 2 is 2.17 bits per heavy atom. The summed E-state index contributed by atoms with van der Waals surface area (Å²) < 4.78 is 0. The number of nitrogen functional groups attached to an aromatic ring is 1. The van der Waals surface area contributed by atoms with Crippen LogP contribution >= 0.6 is 0 Å². The maximum atomic E-state index is 12.3. The van der Waals surface area contributed by atoms with Gasteiger partial charge in [0.2, 0.25) is 5.91 Å². The van der Waals surface area contributed by atoms with Crippen molar-refractivity contribution in [3.8, 4) is 0 Å². The number of likely N-dealkylation sites (tertiary alicyclic amines) is 1.